The fourth-order valence-corrected chi connectivity index (χ4v) is 6.27. The molecule has 3 heterocycles. The molecule has 0 bridgehead atoms. The first kappa shape index (κ1) is 18.6. The van der Waals surface area contributed by atoms with Gasteiger partial charge in [0.05, 0.1) is 3.79 Å². The summed E-state index contributed by atoms with van der Waals surface area (Å²) >= 11 is 4.57. The maximum absolute atomic E-state index is 12.8. The van der Waals surface area contributed by atoms with Crippen LogP contribution in [0.2, 0.25) is 0 Å². The number of thiophene rings is 1. The minimum Gasteiger partial charge on any atom is -0.363 e. The Kier molecular flexibility index (Phi) is 5.62. The van der Waals surface area contributed by atoms with Gasteiger partial charge in [-0.2, -0.15) is 9.29 Å². The maximum atomic E-state index is 12.8. The van der Waals surface area contributed by atoms with Gasteiger partial charge in [-0.25, -0.2) is 13.4 Å². The third-order valence-electron chi connectivity index (χ3n) is 3.97. The highest BCUT2D eigenvalue weighted by atomic mass is 79.9. The van der Waals surface area contributed by atoms with E-state index < -0.39 is 10.0 Å². The zero-order valence-electron chi connectivity index (χ0n) is 14.1. The molecular weight excluding hydrogens is 426 g/mol. The molecule has 0 aliphatic carbocycles. The van der Waals surface area contributed by atoms with Gasteiger partial charge in [0.25, 0.3) is 10.0 Å². The lowest BCUT2D eigenvalue weighted by molar-refractivity contribution is 0.434. The van der Waals surface area contributed by atoms with Crippen LogP contribution >= 0.6 is 27.3 Å². The van der Waals surface area contributed by atoms with Gasteiger partial charge in [-0.1, -0.05) is 0 Å². The summed E-state index contributed by atoms with van der Waals surface area (Å²) in [5, 5.41) is 0. The lowest BCUT2D eigenvalue weighted by atomic mass is 10.4. The Bertz CT molecular complexity index is 840. The van der Waals surface area contributed by atoms with Crippen molar-refractivity contribution in [2.24, 2.45) is 0 Å². The minimum absolute atomic E-state index is 0.374. The fraction of sp³-hybridized carbons (Fsp3) is 0.467. The summed E-state index contributed by atoms with van der Waals surface area (Å²) in [6.45, 7) is 2.23. The monoisotopic (exact) mass is 445 g/mol. The fourth-order valence-electron chi connectivity index (χ4n) is 2.64. The molecular formula is C15H20BrN5O2S2. The Morgan fingerprint density at radius 1 is 1.16 bits per heavy atom. The summed E-state index contributed by atoms with van der Waals surface area (Å²) in [5.74, 6) is 1.48. The van der Waals surface area contributed by atoms with E-state index in [1.54, 1.807) is 22.6 Å². The van der Waals surface area contributed by atoms with Crippen molar-refractivity contribution in [1.29, 1.82) is 0 Å². The van der Waals surface area contributed by atoms with Gasteiger partial charge < -0.3 is 9.80 Å². The number of halogens is 1. The molecule has 1 aliphatic rings. The summed E-state index contributed by atoms with van der Waals surface area (Å²) in [6.07, 6.45) is 2.47. The highest BCUT2D eigenvalue weighted by molar-refractivity contribution is 9.11. The van der Waals surface area contributed by atoms with Crippen LogP contribution in [0.15, 0.2) is 32.4 Å². The zero-order valence-corrected chi connectivity index (χ0v) is 17.3. The van der Waals surface area contributed by atoms with Crippen LogP contribution in [0.1, 0.15) is 6.42 Å². The molecule has 0 unspecified atom stereocenters. The van der Waals surface area contributed by atoms with Crippen LogP contribution in [-0.2, 0) is 10.0 Å². The first-order valence-electron chi connectivity index (χ1n) is 7.89. The molecule has 0 amide bonds. The van der Waals surface area contributed by atoms with Gasteiger partial charge in [-0.15, -0.1) is 11.3 Å². The summed E-state index contributed by atoms with van der Waals surface area (Å²) < 4.78 is 28.3. The van der Waals surface area contributed by atoms with E-state index in [0.717, 1.165) is 22.6 Å². The number of aromatic nitrogens is 2. The summed E-state index contributed by atoms with van der Waals surface area (Å²) in [4.78, 5) is 12.9. The van der Waals surface area contributed by atoms with Crippen LogP contribution < -0.4 is 9.80 Å². The second-order valence-electron chi connectivity index (χ2n) is 5.91. The summed E-state index contributed by atoms with van der Waals surface area (Å²) in [7, 11) is 0.419. The number of anilines is 2. The number of nitrogens with zero attached hydrogens (tertiary/aromatic N) is 5. The Balaban J connectivity index is 1.75. The predicted molar refractivity (Wildman–Crippen MR) is 104 cm³/mol. The Morgan fingerprint density at radius 3 is 2.64 bits per heavy atom. The SMILES string of the molecule is CN(C)c1ccnc(N2CCCN(S(=O)(=O)c3ccc(Br)s3)CC2)n1. The van der Waals surface area contributed by atoms with Crippen LogP contribution in [-0.4, -0.2) is 63.0 Å². The van der Waals surface area contributed by atoms with Gasteiger partial charge in [0.1, 0.15) is 10.0 Å². The van der Waals surface area contributed by atoms with Gasteiger partial charge in [-0.3, -0.25) is 0 Å². The molecule has 136 valence electrons. The molecule has 1 saturated heterocycles. The molecule has 0 spiro atoms. The second kappa shape index (κ2) is 7.56. The summed E-state index contributed by atoms with van der Waals surface area (Å²) in [6, 6.07) is 5.27. The van der Waals surface area contributed by atoms with Crippen LogP contribution in [0.3, 0.4) is 0 Å². The minimum atomic E-state index is -3.45. The number of sulfonamides is 1. The van der Waals surface area contributed by atoms with E-state index in [2.05, 4.69) is 25.9 Å². The molecule has 2 aromatic rings. The van der Waals surface area contributed by atoms with E-state index in [1.165, 1.54) is 11.3 Å². The van der Waals surface area contributed by atoms with Gasteiger partial charge in [0, 0.05) is 46.5 Å². The lowest BCUT2D eigenvalue weighted by Crippen LogP contribution is -2.35. The largest absolute Gasteiger partial charge is 0.363 e. The van der Waals surface area contributed by atoms with Crippen LogP contribution in [0.5, 0.6) is 0 Å². The molecule has 25 heavy (non-hydrogen) atoms. The normalized spacial score (nSPS) is 16.7. The molecule has 0 N–H and O–H groups in total. The van der Waals surface area contributed by atoms with Gasteiger partial charge in [-0.05, 0) is 40.5 Å². The van der Waals surface area contributed by atoms with Crippen LogP contribution in [0.4, 0.5) is 11.8 Å². The third kappa shape index (κ3) is 4.13. The highest BCUT2D eigenvalue weighted by Crippen LogP contribution is 2.29. The predicted octanol–water partition coefficient (Wildman–Crippen LogP) is 2.27. The highest BCUT2D eigenvalue weighted by Gasteiger charge is 2.28. The third-order valence-corrected chi connectivity index (χ3v) is 7.96. The number of hydrogen-bond donors (Lipinski definition) is 0. The van der Waals surface area contributed by atoms with Crippen molar-refractivity contribution < 1.29 is 8.42 Å². The van der Waals surface area contributed by atoms with E-state index in [0.29, 0.717) is 29.8 Å². The molecule has 2 aromatic heterocycles. The molecule has 1 aliphatic heterocycles. The van der Waals surface area contributed by atoms with E-state index in [4.69, 9.17) is 0 Å². The van der Waals surface area contributed by atoms with Crippen molar-refractivity contribution in [2.75, 3.05) is 50.1 Å². The Labute approximate surface area is 160 Å². The van der Waals surface area contributed by atoms with Crippen LogP contribution in [0, 0.1) is 0 Å². The van der Waals surface area contributed by atoms with Crippen molar-refractivity contribution in [1.82, 2.24) is 14.3 Å². The Hall–Kier alpha value is -1.23. The maximum Gasteiger partial charge on any atom is 0.252 e. The van der Waals surface area contributed by atoms with Crippen molar-refractivity contribution in [2.45, 2.75) is 10.6 Å². The van der Waals surface area contributed by atoms with E-state index in [-0.39, 0.29) is 0 Å². The quantitative estimate of drug-likeness (QED) is 0.718. The molecule has 1 fully saturated rings. The van der Waals surface area contributed by atoms with Gasteiger partial charge in [0.15, 0.2) is 0 Å². The van der Waals surface area contributed by atoms with E-state index >= 15 is 0 Å². The molecule has 7 nitrogen and oxygen atoms in total. The van der Waals surface area contributed by atoms with Crippen molar-refractivity contribution in [3.05, 3.63) is 28.2 Å². The number of rotatable bonds is 4. The molecule has 0 saturated carbocycles. The molecule has 3 rings (SSSR count). The molecule has 0 aromatic carbocycles. The lowest BCUT2D eigenvalue weighted by Gasteiger charge is -2.22. The molecule has 0 atom stereocenters. The van der Waals surface area contributed by atoms with Crippen molar-refractivity contribution in [3.8, 4) is 0 Å². The second-order valence-corrected chi connectivity index (χ2v) is 10.5. The first-order valence-corrected chi connectivity index (χ1v) is 10.9. The average Bonchev–Trinajstić information content (AvgIpc) is 2.88. The van der Waals surface area contributed by atoms with Gasteiger partial charge >= 0.3 is 0 Å². The molecule has 0 radical (unpaired) electrons. The molecule has 10 heteroatoms. The Morgan fingerprint density at radius 2 is 1.96 bits per heavy atom. The first-order chi connectivity index (χ1) is 11.9. The standard InChI is InChI=1S/C15H20BrN5O2S2/c1-19(2)13-6-7-17-15(18-13)20-8-3-9-21(11-10-20)25(22,23)14-5-4-12(16)24-14/h4-7H,3,8-11H2,1-2H3. The topological polar surface area (TPSA) is 69.6 Å². The van der Waals surface area contributed by atoms with Gasteiger partial charge in [0.2, 0.25) is 5.95 Å². The number of hydrogen-bond acceptors (Lipinski definition) is 7. The average molecular weight is 446 g/mol. The summed E-state index contributed by atoms with van der Waals surface area (Å²) in [5.41, 5.74) is 0. The van der Waals surface area contributed by atoms with Crippen molar-refractivity contribution >= 4 is 49.1 Å². The smallest absolute Gasteiger partial charge is 0.252 e. The van der Waals surface area contributed by atoms with E-state index in [9.17, 15) is 8.42 Å². The van der Waals surface area contributed by atoms with Crippen molar-refractivity contribution in [3.63, 3.8) is 0 Å². The van der Waals surface area contributed by atoms with Crippen LogP contribution in [0.25, 0.3) is 0 Å². The zero-order chi connectivity index (χ0) is 18.0. The van der Waals surface area contributed by atoms with E-state index in [1.807, 2.05) is 30.0 Å².